The van der Waals surface area contributed by atoms with Crippen molar-refractivity contribution in [1.29, 1.82) is 0 Å². The van der Waals surface area contributed by atoms with Crippen molar-refractivity contribution < 1.29 is 0 Å². The lowest BCUT2D eigenvalue weighted by atomic mass is 9.23. The summed E-state index contributed by atoms with van der Waals surface area (Å²) in [6, 6.07) is 48.7. The summed E-state index contributed by atoms with van der Waals surface area (Å²) >= 11 is 9.94. The summed E-state index contributed by atoms with van der Waals surface area (Å²) in [5, 5.41) is 0. The zero-order chi connectivity index (χ0) is 32.9. The summed E-state index contributed by atoms with van der Waals surface area (Å²) in [6.45, 7) is 0.528. The van der Waals surface area contributed by atoms with Gasteiger partial charge in [0.1, 0.15) is 0 Å². The van der Waals surface area contributed by atoms with Crippen molar-refractivity contribution in [1.82, 2.24) is 0 Å². The molecule has 0 N–H and O–H groups in total. The highest BCUT2D eigenvalue weighted by molar-refractivity contribution is 8.03. The molecular formula is C42H21B4S5. The molecule has 0 nitrogen and oxygen atoms in total. The van der Waals surface area contributed by atoms with Crippen molar-refractivity contribution in [2.24, 2.45) is 0 Å². The Morgan fingerprint density at radius 1 is 0.314 bits per heavy atom. The zero-order valence-corrected chi connectivity index (χ0v) is 31.1. The fraction of sp³-hybridized carbons (Fsp3) is 0. The molecule has 0 spiro atoms. The van der Waals surface area contributed by atoms with E-state index in [1.54, 1.807) is 0 Å². The van der Waals surface area contributed by atoms with Gasteiger partial charge in [0.25, 0.3) is 0 Å². The van der Waals surface area contributed by atoms with E-state index in [1.165, 1.54) is 109 Å². The Hall–Kier alpha value is -3.45. The minimum absolute atomic E-state index is 0.174. The van der Waals surface area contributed by atoms with Crippen LogP contribution in [-0.2, 0) is 0 Å². The largest absolute Gasteiger partial charge is 0.248 e. The summed E-state index contributed by atoms with van der Waals surface area (Å²) < 4.78 is 0. The van der Waals surface area contributed by atoms with Gasteiger partial charge in [-0.2, -0.15) is 0 Å². The van der Waals surface area contributed by atoms with Crippen molar-refractivity contribution in [2.75, 3.05) is 0 Å². The molecule has 7 aromatic carbocycles. The van der Waals surface area contributed by atoms with E-state index in [0.29, 0.717) is 0 Å². The molecule has 0 aliphatic carbocycles. The van der Waals surface area contributed by atoms with Crippen LogP contribution in [0.2, 0.25) is 0 Å². The van der Waals surface area contributed by atoms with Crippen LogP contribution in [0.3, 0.4) is 0 Å². The van der Waals surface area contributed by atoms with Gasteiger partial charge in [-0.05, 0) is 64.9 Å². The molecule has 0 fully saturated rings. The van der Waals surface area contributed by atoms with E-state index < -0.39 is 0 Å². The van der Waals surface area contributed by atoms with Crippen molar-refractivity contribution >= 4 is 146 Å². The smallest absolute Gasteiger partial charge is 0.0916 e. The Kier molecular flexibility index (Phi) is 6.03. The molecule has 9 heteroatoms. The standard InChI is InChI=1S/C42H21B4S5/c1-4-14-26-23(11-1)44-35-22(10-7-17-29(35)47-26)43-34-38(44)41-40(46-25-13-3-6-16-28(25)49-31-19-9-21-33(51-41)37(31)46)42-39(34)45-24-12-2-5-15-27(24)48-30-18-8-20-32(50-42)36(30)45/h1-21H. The predicted octanol–water partition coefficient (Wildman–Crippen LogP) is 3.53. The van der Waals surface area contributed by atoms with E-state index in [0.717, 1.165) is 0 Å². The van der Waals surface area contributed by atoms with Crippen LogP contribution in [0.15, 0.2) is 176 Å². The molecule has 0 unspecified atom stereocenters. The predicted molar refractivity (Wildman–Crippen MR) is 225 cm³/mol. The van der Waals surface area contributed by atoms with Gasteiger partial charge < -0.3 is 0 Å². The van der Waals surface area contributed by atoms with Crippen LogP contribution in [-0.4, -0.2) is 27.4 Å². The van der Waals surface area contributed by atoms with Crippen LogP contribution in [0.5, 0.6) is 0 Å². The average Bonchev–Trinajstić information content (AvgIpc) is 3.17. The van der Waals surface area contributed by atoms with Gasteiger partial charge in [0, 0.05) is 49.0 Å². The van der Waals surface area contributed by atoms with Crippen LogP contribution >= 0.6 is 58.8 Å². The van der Waals surface area contributed by atoms with Crippen molar-refractivity contribution in [3.05, 3.63) is 127 Å². The Labute approximate surface area is 320 Å². The molecule has 6 aliphatic heterocycles. The normalized spacial score (nSPS) is 15.5. The quantitative estimate of drug-likeness (QED) is 0.219. The number of hydrogen-bond acceptors (Lipinski definition) is 5. The summed E-state index contributed by atoms with van der Waals surface area (Å²) in [5.41, 5.74) is 16.2. The van der Waals surface area contributed by atoms with Crippen LogP contribution in [0.1, 0.15) is 0 Å². The van der Waals surface area contributed by atoms with Crippen molar-refractivity contribution in [3.8, 4) is 0 Å². The lowest BCUT2D eigenvalue weighted by molar-refractivity contribution is 1.31. The zero-order valence-electron chi connectivity index (χ0n) is 27.0. The summed E-state index contributed by atoms with van der Waals surface area (Å²) in [7, 11) is 2.59. The highest BCUT2D eigenvalue weighted by Gasteiger charge is 2.50. The van der Waals surface area contributed by atoms with Gasteiger partial charge in [-0.25, -0.2) is 0 Å². The molecule has 0 saturated carbocycles. The highest BCUT2D eigenvalue weighted by atomic mass is 32.2. The second-order valence-electron chi connectivity index (χ2n) is 14.0. The summed E-state index contributed by atoms with van der Waals surface area (Å²) in [6.07, 6.45) is 0. The van der Waals surface area contributed by atoms with Crippen LogP contribution < -0.4 is 60.1 Å². The minimum atomic E-state index is 0.174. The van der Waals surface area contributed by atoms with Gasteiger partial charge in [0.05, 0.1) is 0 Å². The first kappa shape index (κ1) is 29.1. The molecule has 6 aliphatic rings. The van der Waals surface area contributed by atoms with Gasteiger partial charge in [-0.15, -0.1) is 0 Å². The molecular weight excluding hydrogens is 708 g/mol. The minimum Gasteiger partial charge on any atom is -0.0916 e. The third-order valence-corrected chi connectivity index (χ3v) is 17.5. The molecule has 0 bridgehead atoms. The first-order chi connectivity index (χ1) is 25.3. The van der Waals surface area contributed by atoms with E-state index in [9.17, 15) is 0 Å². The topological polar surface area (TPSA) is 0 Å². The van der Waals surface area contributed by atoms with Gasteiger partial charge in [0.15, 0.2) is 7.28 Å². The average molecular weight is 729 g/mol. The highest BCUT2D eigenvalue weighted by Crippen LogP contribution is 2.43. The number of hydrogen-bond donors (Lipinski definition) is 0. The molecule has 0 saturated heterocycles. The second-order valence-corrected chi connectivity index (χ2v) is 19.3. The lowest BCUT2D eigenvalue weighted by Gasteiger charge is -2.44. The molecule has 7 aromatic rings. The monoisotopic (exact) mass is 729 g/mol. The van der Waals surface area contributed by atoms with Gasteiger partial charge in [-0.1, -0.05) is 181 Å². The maximum absolute atomic E-state index is 2.59. The van der Waals surface area contributed by atoms with Crippen LogP contribution in [0.4, 0.5) is 0 Å². The van der Waals surface area contributed by atoms with Crippen LogP contribution in [0, 0.1) is 0 Å². The number of benzene rings is 7. The van der Waals surface area contributed by atoms with Crippen molar-refractivity contribution in [2.45, 2.75) is 49.0 Å². The Morgan fingerprint density at radius 2 is 0.686 bits per heavy atom. The molecule has 1 radical (unpaired) electrons. The molecule has 0 amide bonds. The Balaban J connectivity index is 1.22. The van der Waals surface area contributed by atoms with E-state index in [2.05, 4.69) is 135 Å². The number of fused-ring (bicyclic) bond motifs is 15. The molecule has 0 aromatic heterocycles. The first-order valence-electron chi connectivity index (χ1n) is 17.4. The van der Waals surface area contributed by atoms with Crippen molar-refractivity contribution in [3.63, 3.8) is 0 Å². The third kappa shape index (κ3) is 3.82. The fourth-order valence-corrected chi connectivity index (χ4v) is 16.0. The third-order valence-electron chi connectivity index (χ3n) is 11.5. The molecule has 13 rings (SSSR count). The lowest BCUT2D eigenvalue weighted by Crippen LogP contribution is -2.78. The van der Waals surface area contributed by atoms with Gasteiger partial charge >= 0.3 is 0 Å². The molecule has 0 atom stereocenters. The first-order valence-corrected chi connectivity index (χ1v) is 21.5. The maximum atomic E-state index is 2.59. The van der Waals surface area contributed by atoms with E-state index >= 15 is 0 Å². The SMILES string of the molecule is [B]1c2cccc3c2B(c2ccccc2S3)c2c1c1c(c3c2Sc2cccc4c2B3c2ccccc2S4)Sc2cccc3c2B1c1ccccc1S3. The fourth-order valence-electron chi connectivity index (χ4n) is 9.58. The molecule has 6 heterocycles. The Morgan fingerprint density at radius 3 is 1.20 bits per heavy atom. The summed E-state index contributed by atoms with van der Waals surface area (Å²) in [5.74, 6) is 0. The summed E-state index contributed by atoms with van der Waals surface area (Å²) in [4.78, 5) is 14.1. The second kappa shape index (κ2) is 10.6. The van der Waals surface area contributed by atoms with E-state index in [1.807, 2.05) is 58.8 Å². The molecule has 51 heavy (non-hydrogen) atoms. The van der Waals surface area contributed by atoms with Gasteiger partial charge in [0.2, 0.25) is 20.1 Å². The molecule has 231 valence electrons. The van der Waals surface area contributed by atoms with E-state index in [-0.39, 0.29) is 20.1 Å². The van der Waals surface area contributed by atoms with Gasteiger partial charge in [-0.3, -0.25) is 0 Å². The Bertz CT molecular complexity index is 2440. The van der Waals surface area contributed by atoms with Crippen LogP contribution in [0.25, 0.3) is 0 Å². The number of rotatable bonds is 0. The maximum Gasteiger partial charge on any atom is 0.248 e. The van der Waals surface area contributed by atoms with E-state index in [4.69, 9.17) is 0 Å².